The van der Waals surface area contributed by atoms with Crippen molar-refractivity contribution < 1.29 is 0 Å². The van der Waals surface area contributed by atoms with Gasteiger partial charge in [0.15, 0.2) is 0 Å². The molecule has 3 nitrogen and oxygen atoms in total. The van der Waals surface area contributed by atoms with Gasteiger partial charge in [-0.05, 0) is 18.4 Å². The molecular weight excluding hydrogens is 242 g/mol. The van der Waals surface area contributed by atoms with Crippen LogP contribution in [0.15, 0.2) is 17.5 Å². The molecule has 0 saturated heterocycles. The summed E-state index contributed by atoms with van der Waals surface area (Å²) in [6.45, 7) is 3.54. The monoisotopic (exact) mass is 255 g/mol. The Morgan fingerprint density at radius 3 is 2.88 bits per heavy atom. The van der Waals surface area contributed by atoms with Crippen LogP contribution in [0.1, 0.15) is 16.3 Å². The number of nitrogens with zero attached hydrogens (tertiary/aromatic N) is 2. The van der Waals surface area contributed by atoms with Crippen LogP contribution in [0.25, 0.3) is 0 Å². The molecule has 0 unspecified atom stereocenters. The van der Waals surface area contributed by atoms with Gasteiger partial charge in [0.1, 0.15) is 0 Å². The zero-order valence-electron chi connectivity index (χ0n) is 9.33. The second kappa shape index (κ2) is 4.99. The zero-order valence-corrected chi connectivity index (χ0v) is 10.9. The van der Waals surface area contributed by atoms with Crippen molar-refractivity contribution in [2.45, 2.75) is 20.0 Å². The van der Waals surface area contributed by atoms with E-state index in [9.17, 15) is 0 Å². The molecule has 2 heterocycles. The molecule has 0 aromatic carbocycles. The number of aryl methyl sites for hydroxylation is 2. The van der Waals surface area contributed by atoms with Crippen molar-refractivity contribution in [1.29, 1.82) is 0 Å². The van der Waals surface area contributed by atoms with E-state index in [2.05, 4.69) is 27.9 Å². The third kappa shape index (κ3) is 2.45. The molecule has 0 spiro atoms. The molecule has 0 aliphatic rings. The van der Waals surface area contributed by atoms with Crippen molar-refractivity contribution in [3.8, 4) is 0 Å². The van der Waals surface area contributed by atoms with Gasteiger partial charge in [0.05, 0.1) is 16.4 Å². The number of halogens is 1. The van der Waals surface area contributed by atoms with Crippen molar-refractivity contribution in [2.75, 3.05) is 0 Å². The fourth-order valence-electron chi connectivity index (χ4n) is 1.59. The van der Waals surface area contributed by atoms with Gasteiger partial charge in [-0.25, -0.2) is 0 Å². The summed E-state index contributed by atoms with van der Waals surface area (Å²) in [7, 11) is 1.92. The quantitative estimate of drug-likeness (QED) is 0.911. The molecule has 0 atom stereocenters. The Bertz CT molecular complexity index is 462. The van der Waals surface area contributed by atoms with Gasteiger partial charge in [-0.3, -0.25) is 4.68 Å². The summed E-state index contributed by atoms with van der Waals surface area (Å²) in [5.74, 6) is 0. The van der Waals surface area contributed by atoms with Crippen LogP contribution in [0.2, 0.25) is 5.02 Å². The molecule has 0 aliphatic heterocycles. The predicted molar refractivity (Wildman–Crippen MR) is 67.8 cm³/mol. The first-order valence-electron chi connectivity index (χ1n) is 5.09. The molecule has 0 amide bonds. The molecule has 2 aromatic heterocycles. The minimum absolute atomic E-state index is 0.744. The van der Waals surface area contributed by atoms with Gasteiger partial charge in [-0.2, -0.15) is 5.10 Å². The van der Waals surface area contributed by atoms with Gasteiger partial charge >= 0.3 is 0 Å². The maximum atomic E-state index is 6.15. The van der Waals surface area contributed by atoms with Crippen molar-refractivity contribution in [3.63, 3.8) is 0 Å². The Kier molecular flexibility index (Phi) is 3.63. The van der Waals surface area contributed by atoms with Crippen LogP contribution < -0.4 is 5.32 Å². The van der Waals surface area contributed by atoms with Crippen molar-refractivity contribution in [1.82, 2.24) is 15.1 Å². The fraction of sp³-hybridized carbons (Fsp3) is 0.364. The summed E-state index contributed by atoms with van der Waals surface area (Å²) in [6, 6.07) is 4.18. The summed E-state index contributed by atoms with van der Waals surface area (Å²) in [6.07, 6.45) is 0. The van der Waals surface area contributed by atoms with E-state index in [1.165, 1.54) is 4.88 Å². The van der Waals surface area contributed by atoms with E-state index in [0.717, 1.165) is 29.5 Å². The Balaban J connectivity index is 1.95. The maximum Gasteiger partial charge on any atom is 0.0860 e. The average molecular weight is 256 g/mol. The molecular formula is C11H14ClN3S. The molecule has 0 radical (unpaired) electrons. The number of hydrogen-bond acceptors (Lipinski definition) is 3. The van der Waals surface area contributed by atoms with Crippen LogP contribution in [-0.2, 0) is 20.1 Å². The van der Waals surface area contributed by atoms with Gasteiger partial charge in [0, 0.05) is 25.0 Å². The van der Waals surface area contributed by atoms with E-state index in [0.29, 0.717) is 0 Å². The number of nitrogens with one attached hydrogen (secondary N) is 1. The number of rotatable bonds is 4. The molecule has 2 rings (SSSR count). The third-order valence-electron chi connectivity index (χ3n) is 2.43. The first-order valence-corrected chi connectivity index (χ1v) is 6.35. The van der Waals surface area contributed by atoms with Crippen LogP contribution in [0.4, 0.5) is 0 Å². The van der Waals surface area contributed by atoms with E-state index in [1.54, 1.807) is 11.3 Å². The topological polar surface area (TPSA) is 29.9 Å². The molecule has 16 heavy (non-hydrogen) atoms. The highest BCUT2D eigenvalue weighted by Gasteiger charge is 2.09. The van der Waals surface area contributed by atoms with Crippen molar-refractivity contribution >= 4 is 22.9 Å². The standard InChI is InChI=1S/C11H14ClN3S/c1-8-11(12)10(15(2)14-8)7-13-6-9-4-3-5-16-9/h3-5,13H,6-7H2,1-2H3. The molecule has 0 fully saturated rings. The lowest BCUT2D eigenvalue weighted by molar-refractivity contribution is 0.628. The second-order valence-corrected chi connectivity index (χ2v) is 5.06. The number of hydrogen-bond donors (Lipinski definition) is 1. The minimum atomic E-state index is 0.744. The average Bonchev–Trinajstić information content (AvgIpc) is 2.82. The molecule has 0 saturated carbocycles. The smallest absolute Gasteiger partial charge is 0.0860 e. The molecule has 2 aromatic rings. The lowest BCUT2D eigenvalue weighted by Crippen LogP contribution is -2.14. The highest BCUT2D eigenvalue weighted by Crippen LogP contribution is 2.19. The molecule has 1 N–H and O–H groups in total. The number of aromatic nitrogens is 2. The summed E-state index contributed by atoms with van der Waals surface area (Å²) < 4.78 is 1.83. The van der Waals surface area contributed by atoms with Gasteiger partial charge in [0.2, 0.25) is 0 Å². The van der Waals surface area contributed by atoms with Crippen LogP contribution in [0.3, 0.4) is 0 Å². The van der Waals surface area contributed by atoms with E-state index in [4.69, 9.17) is 11.6 Å². The largest absolute Gasteiger partial charge is 0.306 e. The molecule has 0 bridgehead atoms. The minimum Gasteiger partial charge on any atom is -0.306 e. The first-order chi connectivity index (χ1) is 7.68. The van der Waals surface area contributed by atoms with E-state index in [1.807, 2.05) is 18.7 Å². The summed E-state index contributed by atoms with van der Waals surface area (Å²) in [5, 5.41) is 10.5. The highest BCUT2D eigenvalue weighted by atomic mass is 35.5. The van der Waals surface area contributed by atoms with E-state index < -0.39 is 0 Å². The maximum absolute atomic E-state index is 6.15. The molecule has 0 aliphatic carbocycles. The fourth-order valence-corrected chi connectivity index (χ4v) is 2.49. The van der Waals surface area contributed by atoms with Gasteiger partial charge < -0.3 is 5.32 Å². The summed E-state index contributed by atoms with van der Waals surface area (Å²) >= 11 is 7.91. The van der Waals surface area contributed by atoms with Crippen molar-refractivity contribution in [3.05, 3.63) is 38.8 Å². The lowest BCUT2D eigenvalue weighted by Gasteiger charge is -2.04. The predicted octanol–water partition coefficient (Wildman–Crippen LogP) is 2.73. The van der Waals surface area contributed by atoms with Crippen LogP contribution in [-0.4, -0.2) is 9.78 Å². The highest BCUT2D eigenvalue weighted by molar-refractivity contribution is 7.09. The SMILES string of the molecule is Cc1nn(C)c(CNCc2cccs2)c1Cl. The first kappa shape index (κ1) is 11.6. The van der Waals surface area contributed by atoms with E-state index >= 15 is 0 Å². The Morgan fingerprint density at radius 2 is 2.31 bits per heavy atom. The van der Waals surface area contributed by atoms with Gasteiger partial charge in [-0.15, -0.1) is 11.3 Å². The normalized spacial score (nSPS) is 10.9. The Hall–Kier alpha value is -0.840. The Morgan fingerprint density at radius 1 is 1.50 bits per heavy atom. The van der Waals surface area contributed by atoms with Crippen LogP contribution >= 0.6 is 22.9 Å². The third-order valence-corrected chi connectivity index (χ3v) is 3.80. The van der Waals surface area contributed by atoms with Crippen LogP contribution in [0, 0.1) is 6.92 Å². The summed E-state index contributed by atoms with van der Waals surface area (Å²) in [4.78, 5) is 1.33. The van der Waals surface area contributed by atoms with Crippen molar-refractivity contribution in [2.24, 2.45) is 7.05 Å². The van der Waals surface area contributed by atoms with E-state index in [-0.39, 0.29) is 0 Å². The number of thiophene rings is 1. The molecule has 86 valence electrons. The van der Waals surface area contributed by atoms with Gasteiger partial charge in [0.25, 0.3) is 0 Å². The zero-order chi connectivity index (χ0) is 11.5. The molecule has 5 heteroatoms. The lowest BCUT2D eigenvalue weighted by atomic mass is 10.3. The van der Waals surface area contributed by atoms with Gasteiger partial charge in [-0.1, -0.05) is 17.7 Å². The Labute approximate surface area is 104 Å². The summed E-state index contributed by atoms with van der Waals surface area (Å²) in [5.41, 5.74) is 1.92. The van der Waals surface area contributed by atoms with Crippen LogP contribution in [0.5, 0.6) is 0 Å². The second-order valence-electron chi connectivity index (χ2n) is 3.65.